The van der Waals surface area contributed by atoms with Gasteiger partial charge in [-0.1, -0.05) is 50.1 Å². The molecule has 280 valence electrons. The fraction of sp³-hybridized carbons (Fsp3) is 0.400. The molecule has 14 heteroatoms. The minimum absolute atomic E-state index is 0.114. The minimum atomic E-state index is -0.744. The molecule has 54 heavy (non-hydrogen) atoms. The van der Waals surface area contributed by atoms with Gasteiger partial charge in [0.15, 0.2) is 0 Å². The lowest BCUT2D eigenvalue weighted by Gasteiger charge is -2.30. The number of fused-ring (bicyclic) bond motifs is 1. The summed E-state index contributed by atoms with van der Waals surface area (Å²) in [6, 6.07) is 7.52. The fourth-order valence-corrected chi connectivity index (χ4v) is 9.90. The SMILES string of the molecule is CC(=O)N[C@@H](C(=O)N1CCCC1C1=NC=C(c2csc3c(C#Cc4cnc([C@@H]5CCCN5C(=O)[C@@H](NC(=O)CO)C(C)C)[nH]4)csc23)C1)c1ccccc1. The molecule has 3 aliphatic rings. The van der Waals surface area contributed by atoms with Crippen LogP contribution in [0.25, 0.3) is 15.0 Å². The Morgan fingerprint density at radius 3 is 2.41 bits per heavy atom. The second kappa shape index (κ2) is 16.1. The summed E-state index contributed by atoms with van der Waals surface area (Å²) in [5.74, 6) is 5.94. The van der Waals surface area contributed by atoms with Crippen molar-refractivity contribution in [3.8, 4) is 11.8 Å². The van der Waals surface area contributed by atoms with Gasteiger partial charge in [-0.2, -0.15) is 0 Å². The van der Waals surface area contributed by atoms with Gasteiger partial charge in [0.25, 0.3) is 0 Å². The summed E-state index contributed by atoms with van der Waals surface area (Å²) in [5, 5.41) is 19.0. The highest BCUT2D eigenvalue weighted by Gasteiger charge is 2.39. The number of benzene rings is 1. The summed E-state index contributed by atoms with van der Waals surface area (Å²) in [5.41, 5.74) is 5.55. The van der Waals surface area contributed by atoms with Crippen LogP contribution in [-0.2, 0) is 19.2 Å². The number of thiophene rings is 2. The molecule has 12 nitrogen and oxygen atoms in total. The van der Waals surface area contributed by atoms with Gasteiger partial charge in [-0.25, -0.2) is 4.98 Å². The molecule has 6 heterocycles. The van der Waals surface area contributed by atoms with Crippen molar-refractivity contribution in [1.29, 1.82) is 0 Å². The second-order valence-electron chi connectivity index (χ2n) is 14.2. The topological polar surface area (TPSA) is 160 Å². The van der Waals surface area contributed by atoms with Crippen molar-refractivity contribution in [2.24, 2.45) is 10.9 Å². The van der Waals surface area contributed by atoms with Crippen molar-refractivity contribution in [2.45, 2.75) is 77.0 Å². The Balaban J connectivity index is 1.02. The number of likely N-dealkylation sites (tertiary alicyclic amines) is 2. The maximum Gasteiger partial charge on any atom is 0.250 e. The number of hydrogen-bond donors (Lipinski definition) is 4. The van der Waals surface area contributed by atoms with Crippen LogP contribution in [0.4, 0.5) is 0 Å². The number of nitrogens with zero attached hydrogens (tertiary/aromatic N) is 4. The third-order valence-electron chi connectivity index (χ3n) is 10.2. The molecule has 1 aromatic carbocycles. The van der Waals surface area contributed by atoms with Gasteiger partial charge in [0.1, 0.15) is 30.2 Å². The Kier molecular flexibility index (Phi) is 11.1. The number of carbonyl (C=O) groups is 4. The number of amides is 4. The first kappa shape index (κ1) is 37.2. The predicted octanol–water partition coefficient (Wildman–Crippen LogP) is 4.94. The molecule has 0 radical (unpaired) electrons. The van der Waals surface area contributed by atoms with E-state index in [0.717, 1.165) is 63.1 Å². The largest absolute Gasteiger partial charge is 0.387 e. The van der Waals surface area contributed by atoms with Crippen molar-refractivity contribution in [2.75, 3.05) is 19.7 Å². The smallest absolute Gasteiger partial charge is 0.250 e. The minimum Gasteiger partial charge on any atom is -0.387 e. The number of aliphatic imine (C=N–C) groups is 1. The van der Waals surface area contributed by atoms with Crippen molar-refractivity contribution in [3.63, 3.8) is 0 Å². The molecule has 4 atom stereocenters. The van der Waals surface area contributed by atoms with Crippen LogP contribution >= 0.6 is 22.7 Å². The number of carbonyl (C=O) groups excluding carboxylic acids is 4. The van der Waals surface area contributed by atoms with Gasteiger partial charge < -0.3 is 30.5 Å². The zero-order chi connectivity index (χ0) is 37.9. The maximum atomic E-state index is 13.9. The van der Waals surface area contributed by atoms with Gasteiger partial charge in [-0.05, 0) is 48.7 Å². The van der Waals surface area contributed by atoms with E-state index in [2.05, 4.69) is 43.2 Å². The quantitative estimate of drug-likeness (QED) is 0.168. The van der Waals surface area contributed by atoms with E-state index in [9.17, 15) is 24.3 Å². The van der Waals surface area contributed by atoms with Crippen LogP contribution in [0.2, 0.25) is 0 Å². The monoisotopic (exact) mass is 765 g/mol. The van der Waals surface area contributed by atoms with Crippen LogP contribution in [0.5, 0.6) is 0 Å². The van der Waals surface area contributed by atoms with Gasteiger partial charge >= 0.3 is 0 Å². The predicted molar refractivity (Wildman–Crippen MR) is 210 cm³/mol. The molecule has 0 aliphatic carbocycles. The molecule has 2 fully saturated rings. The van der Waals surface area contributed by atoms with E-state index < -0.39 is 24.6 Å². The number of aliphatic hydroxyl groups excluding tert-OH is 1. The fourth-order valence-electron chi connectivity index (χ4n) is 7.55. The van der Waals surface area contributed by atoms with E-state index >= 15 is 0 Å². The maximum absolute atomic E-state index is 13.9. The Bertz CT molecular complexity index is 2190. The summed E-state index contributed by atoms with van der Waals surface area (Å²) in [4.78, 5) is 67.7. The summed E-state index contributed by atoms with van der Waals surface area (Å²) < 4.78 is 2.26. The number of aliphatic hydroxyl groups is 1. The van der Waals surface area contributed by atoms with E-state index in [0.29, 0.717) is 31.0 Å². The van der Waals surface area contributed by atoms with Crippen LogP contribution in [-0.4, -0.2) is 86.0 Å². The first-order valence-electron chi connectivity index (χ1n) is 18.3. The van der Waals surface area contributed by atoms with Crippen molar-refractivity contribution >= 4 is 67.0 Å². The third-order valence-corrected chi connectivity index (χ3v) is 12.4. The lowest BCUT2D eigenvalue weighted by Crippen LogP contribution is -2.51. The van der Waals surface area contributed by atoms with Crippen LogP contribution in [0.1, 0.15) is 93.2 Å². The van der Waals surface area contributed by atoms with Crippen molar-refractivity contribution in [1.82, 2.24) is 30.4 Å². The zero-order valence-electron chi connectivity index (χ0n) is 30.4. The highest BCUT2D eigenvalue weighted by Crippen LogP contribution is 2.41. The second-order valence-corrected chi connectivity index (χ2v) is 16.0. The van der Waals surface area contributed by atoms with Crippen LogP contribution < -0.4 is 10.6 Å². The number of rotatable bonds is 10. The number of H-pyrrole nitrogens is 1. The molecule has 1 unspecified atom stereocenters. The Labute approximate surface area is 321 Å². The molecule has 7 rings (SSSR count). The molecule has 0 spiro atoms. The number of hydrogen-bond acceptors (Lipinski definition) is 9. The molecule has 3 aromatic heterocycles. The first-order valence-corrected chi connectivity index (χ1v) is 20.0. The van der Waals surface area contributed by atoms with Gasteiger partial charge in [-0.3, -0.25) is 24.2 Å². The number of allylic oxidation sites excluding steroid dienone is 1. The van der Waals surface area contributed by atoms with E-state index in [1.54, 1.807) is 33.8 Å². The Morgan fingerprint density at radius 2 is 1.69 bits per heavy atom. The van der Waals surface area contributed by atoms with Gasteiger partial charge in [0.05, 0.1) is 33.2 Å². The molecular formula is C40H43N7O5S2. The highest BCUT2D eigenvalue weighted by atomic mass is 32.1. The normalized spacial score (nSPS) is 19.4. The van der Waals surface area contributed by atoms with Gasteiger partial charge in [0.2, 0.25) is 23.6 Å². The average molecular weight is 766 g/mol. The number of aromatic amines is 1. The molecular weight excluding hydrogens is 723 g/mol. The molecule has 4 amide bonds. The Hall–Kier alpha value is -5.10. The van der Waals surface area contributed by atoms with Crippen molar-refractivity contribution < 1.29 is 24.3 Å². The highest BCUT2D eigenvalue weighted by molar-refractivity contribution is 7.26. The number of imidazole rings is 1. The lowest BCUT2D eigenvalue weighted by atomic mass is 9.99. The number of nitrogens with one attached hydrogen (secondary N) is 3. The van der Waals surface area contributed by atoms with E-state index in [4.69, 9.17) is 4.99 Å². The van der Waals surface area contributed by atoms with Crippen LogP contribution in [0.15, 0.2) is 58.5 Å². The van der Waals surface area contributed by atoms with Gasteiger partial charge in [0, 0.05) is 54.7 Å². The summed E-state index contributed by atoms with van der Waals surface area (Å²) in [6.45, 7) is 5.68. The van der Waals surface area contributed by atoms with E-state index in [1.165, 1.54) is 6.92 Å². The average Bonchev–Trinajstić information content (AvgIpc) is 4.01. The standard InChI is InChI=1S/C40H43N7O5S2/c1-23(2)34(45-33(50)20-48)39(51)47-16-8-12-32(47)38-42-19-28(44-38)14-13-26-21-53-37-29(22-54-36(26)37)27-17-30(41-18-27)31-11-7-15-46(31)40(52)35(43-24(3)49)25-9-5-4-6-10-25/h4-6,9-10,18-19,21-23,31-32,34-35,48H,7-8,11-12,15-17,20H2,1-3H3,(H,42,44)(H,43,49)(H,45,50)/t31?,32-,34-,35+/m0/s1. The summed E-state index contributed by atoms with van der Waals surface area (Å²) >= 11 is 3.30. The summed E-state index contributed by atoms with van der Waals surface area (Å²) in [6.07, 6.45) is 7.54. The van der Waals surface area contributed by atoms with Crippen LogP contribution in [0, 0.1) is 17.8 Å². The van der Waals surface area contributed by atoms with Gasteiger partial charge in [-0.15, -0.1) is 22.7 Å². The third kappa shape index (κ3) is 7.62. The van der Waals surface area contributed by atoms with Crippen molar-refractivity contribution in [3.05, 3.63) is 81.7 Å². The first-order chi connectivity index (χ1) is 26.1. The molecule has 2 saturated heterocycles. The lowest BCUT2D eigenvalue weighted by molar-refractivity contribution is -0.139. The Morgan fingerprint density at radius 1 is 0.963 bits per heavy atom. The number of aromatic nitrogens is 2. The molecule has 0 bridgehead atoms. The van der Waals surface area contributed by atoms with Crippen LogP contribution in [0.3, 0.4) is 0 Å². The molecule has 4 N–H and O–H groups in total. The summed E-state index contributed by atoms with van der Waals surface area (Å²) in [7, 11) is 0. The van der Waals surface area contributed by atoms with E-state index in [1.807, 2.05) is 55.3 Å². The molecule has 3 aliphatic heterocycles. The molecule has 4 aromatic rings. The zero-order valence-corrected chi connectivity index (χ0v) is 32.1. The van der Waals surface area contributed by atoms with E-state index in [-0.39, 0.29) is 35.7 Å². The molecule has 0 saturated carbocycles.